The smallest absolute Gasteiger partial charge is 0.339 e. The third-order valence-electron chi connectivity index (χ3n) is 4.87. The van der Waals surface area contributed by atoms with E-state index in [1.165, 1.54) is 6.21 Å². The molecule has 3 amide bonds. The minimum Gasteiger partial charge on any atom is -0.339 e. The Morgan fingerprint density at radius 1 is 1.31 bits per heavy atom. The molecule has 1 aliphatic rings. The summed E-state index contributed by atoms with van der Waals surface area (Å²) in [6, 6.07) is 12.3. The summed E-state index contributed by atoms with van der Waals surface area (Å²) in [6.07, 6.45) is 1.85. The van der Waals surface area contributed by atoms with Gasteiger partial charge in [0.2, 0.25) is 0 Å². The largest absolute Gasteiger partial charge is 0.346 e. The average molecular weight is 349 g/mol. The Morgan fingerprint density at radius 3 is 2.58 bits per heavy atom. The highest BCUT2D eigenvalue weighted by Crippen LogP contribution is 2.32. The molecule has 0 bridgehead atoms. The molecule has 1 saturated heterocycles. The highest BCUT2D eigenvalue weighted by atomic mass is 16.2. The maximum Gasteiger partial charge on any atom is 0.346 e. The molecular weight excluding hydrogens is 330 g/mol. The number of aromatic nitrogens is 1. The van der Waals surface area contributed by atoms with Crippen LogP contribution < -0.4 is 5.32 Å². The number of carbonyl (C=O) groups is 2. The number of benzene rings is 1. The van der Waals surface area contributed by atoms with Crippen LogP contribution in [0.25, 0.3) is 0 Å². The molecule has 0 spiro atoms. The molecule has 2 heterocycles. The molecular formula is C19H19N5O2. The van der Waals surface area contributed by atoms with Gasteiger partial charge in [-0.2, -0.15) is 10.4 Å². The summed E-state index contributed by atoms with van der Waals surface area (Å²) >= 11 is 0. The van der Waals surface area contributed by atoms with Crippen LogP contribution in [-0.4, -0.2) is 27.7 Å². The second-order valence-electron chi connectivity index (χ2n) is 6.16. The van der Waals surface area contributed by atoms with Gasteiger partial charge in [-0.05, 0) is 25.0 Å². The van der Waals surface area contributed by atoms with E-state index in [9.17, 15) is 9.59 Å². The first-order valence-corrected chi connectivity index (χ1v) is 8.27. The molecule has 1 aromatic heterocycles. The molecule has 1 aliphatic heterocycles. The summed E-state index contributed by atoms with van der Waals surface area (Å²) in [5, 5.41) is 16.8. The Morgan fingerprint density at radius 2 is 2.00 bits per heavy atom. The average Bonchev–Trinajstić information content (AvgIpc) is 3.08. The van der Waals surface area contributed by atoms with E-state index in [-0.39, 0.29) is 0 Å². The van der Waals surface area contributed by atoms with Crippen molar-refractivity contribution in [1.29, 1.82) is 5.26 Å². The number of hydrazone groups is 1. The van der Waals surface area contributed by atoms with Crippen molar-refractivity contribution in [2.45, 2.75) is 25.8 Å². The molecule has 1 aromatic carbocycles. The van der Waals surface area contributed by atoms with Gasteiger partial charge in [0.15, 0.2) is 0 Å². The molecule has 0 radical (unpaired) electrons. The van der Waals surface area contributed by atoms with E-state index in [4.69, 9.17) is 5.26 Å². The van der Waals surface area contributed by atoms with Gasteiger partial charge < -0.3 is 9.88 Å². The number of nitriles is 1. The van der Waals surface area contributed by atoms with Crippen molar-refractivity contribution in [2.24, 2.45) is 12.1 Å². The zero-order valence-electron chi connectivity index (χ0n) is 14.9. The van der Waals surface area contributed by atoms with E-state index in [1.54, 1.807) is 17.7 Å². The predicted molar refractivity (Wildman–Crippen MR) is 96.2 cm³/mol. The Bertz CT molecular complexity index is 939. The number of amides is 3. The second-order valence-corrected chi connectivity index (χ2v) is 6.16. The summed E-state index contributed by atoms with van der Waals surface area (Å²) in [5.41, 5.74) is 1.59. The van der Waals surface area contributed by atoms with Gasteiger partial charge in [0.1, 0.15) is 17.3 Å². The molecule has 26 heavy (non-hydrogen) atoms. The van der Waals surface area contributed by atoms with Crippen LogP contribution in [0.3, 0.4) is 0 Å². The van der Waals surface area contributed by atoms with E-state index >= 15 is 0 Å². The lowest BCUT2D eigenvalue weighted by atomic mass is 9.87. The van der Waals surface area contributed by atoms with E-state index in [0.717, 1.165) is 16.3 Å². The maximum atomic E-state index is 13.0. The van der Waals surface area contributed by atoms with Gasteiger partial charge in [0.05, 0.1) is 6.21 Å². The number of rotatable bonds is 4. The first-order chi connectivity index (χ1) is 12.4. The van der Waals surface area contributed by atoms with Gasteiger partial charge in [0.25, 0.3) is 5.91 Å². The summed E-state index contributed by atoms with van der Waals surface area (Å²) in [7, 11) is 1.77. The quantitative estimate of drug-likeness (QED) is 0.679. The van der Waals surface area contributed by atoms with Crippen molar-refractivity contribution in [3.8, 4) is 6.07 Å². The third-order valence-corrected chi connectivity index (χ3v) is 4.87. The Labute approximate surface area is 151 Å². The van der Waals surface area contributed by atoms with Crippen LogP contribution in [0.5, 0.6) is 0 Å². The molecule has 0 aliphatic carbocycles. The zero-order chi connectivity index (χ0) is 18.9. The van der Waals surface area contributed by atoms with Gasteiger partial charge >= 0.3 is 6.03 Å². The van der Waals surface area contributed by atoms with E-state index in [0.29, 0.717) is 17.7 Å². The highest BCUT2D eigenvalue weighted by Gasteiger charge is 2.51. The van der Waals surface area contributed by atoms with E-state index < -0.39 is 17.5 Å². The summed E-state index contributed by atoms with van der Waals surface area (Å²) < 4.78 is 1.73. The maximum absolute atomic E-state index is 13.0. The van der Waals surface area contributed by atoms with Crippen LogP contribution in [0, 0.1) is 18.3 Å². The van der Waals surface area contributed by atoms with Crippen molar-refractivity contribution >= 4 is 18.2 Å². The van der Waals surface area contributed by atoms with Crippen molar-refractivity contribution in [2.75, 3.05) is 0 Å². The molecule has 132 valence electrons. The lowest BCUT2D eigenvalue weighted by Crippen LogP contribution is -2.43. The second kappa shape index (κ2) is 6.48. The van der Waals surface area contributed by atoms with Crippen molar-refractivity contribution in [3.05, 3.63) is 58.9 Å². The van der Waals surface area contributed by atoms with Gasteiger partial charge in [-0.3, -0.25) is 4.79 Å². The van der Waals surface area contributed by atoms with Crippen LogP contribution in [0.2, 0.25) is 0 Å². The van der Waals surface area contributed by atoms with Crippen molar-refractivity contribution in [1.82, 2.24) is 14.9 Å². The normalized spacial score (nSPS) is 19.8. The van der Waals surface area contributed by atoms with E-state index in [1.807, 2.05) is 44.2 Å². The van der Waals surface area contributed by atoms with Crippen LogP contribution in [0.15, 0.2) is 41.5 Å². The topological polar surface area (TPSA) is 90.5 Å². The van der Waals surface area contributed by atoms with Crippen LogP contribution in [0.1, 0.15) is 35.9 Å². The number of nitrogens with one attached hydrogen (secondary N) is 1. The van der Waals surface area contributed by atoms with Gasteiger partial charge in [-0.1, -0.05) is 37.3 Å². The lowest BCUT2D eigenvalue weighted by molar-refractivity contribution is -0.131. The summed E-state index contributed by atoms with van der Waals surface area (Å²) in [6.45, 7) is 3.69. The standard InChI is InChI=1S/C19H19N5O2/c1-4-19(15-8-6-5-7-9-15)17(25)24(18(26)22-19)21-12-14-10-16(11-20)23(3)13(14)2/h5-10,12H,4H2,1-3H3,(H,22,26)/b21-12-/t19-/m1/s1. The third kappa shape index (κ3) is 2.56. The molecule has 7 nitrogen and oxygen atoms in total. The lowest BCUT2D eigenvalue weighted by Gasteiger charge is -2.24. The number of imide groups is 1. The fraction of sp³-hybridized carbons (Fsp3) is 0.263. The number of urea groups is 1. The van der Waals surface area contributed by atoms with Gasteiger partial charge in [-0.15, -0.1) is 5.01 Å². The van der Waals surface area contributed by atoms with Gasteiger partial charge in [0, 0.05) is 18.3 Å². The number of carbonyl (C=O) groups excluding carboxylic acids is 2. The minimum absolute atomic E-state index is 0.413. The predicted octanol–water partition coefficient (Wildman–Crippen LogP) is 2.40. The number of hydrogen-bond acceptors (Lipinski definition) is 4. The highest BCUT2D eigenvalue weighted by molar-refractivity contribution is 6.07. The fourth-order valence-electron chi connectivity index (χ4n) is 3.11. The van der Waals surface area contributed by atoms with Crippen LogP contribution >= 0.6 is 0 Å². The minimum atomic E-state index is -1.11. The first-order valence-electron chi connectivity index (χ1n) is 8.27. The number of nitrogens with zero attached hydrogens (tertiary/aromatic N) is 4. The molecule has 1 atom stereocenters. The van der Waals surface area contributed by atoms with E-state index in [2.05, 4.69) is 16.5 Å². The summed E-state index contributed by atoms with van der Waals surface area (Å²) in [5.74, 6) is -0.415. The fourth-order valence-corrected chi connectivity index (χ4v) is 3.11. The molecule has 1 fully saturated rings. The SMILES string of the molecule is CC[C@]1(c2ccccc2)NC(=O)N(/N=C\c2cc(C#N)n(C)c2C)C1=O. The molecule has 0 saturated carbocycles. The monoisotopic (exact) mass is 349 g/mol. The molecule has 1 N–H and O–H groups in total. The first kappa shape index (κ1) is 17.4. The van der Waals surface area contributed by atoms with Crippen LogP contribution in [0.4, 0.5) is 4.79 Å². The van der Waals surface area contributed by atoms with Crippen LogP contribution in [-0.2, 0) is 17.4 Å². The zero-order valence-corrected chi connectivity index (χ0v) is 14.9. The molecule has 0 unspecified atom stereocenters. The Kier molecular flexibility index (Phi) is 4.34. The Hall–Kier alpha value is -3.40. The molecule has 7 heteroatoms. The molecule has 3 rings (SSSR count). The van der Waals surface area contributed by atoms with Crippen molar-refractivity contribution in [3.63, 3.8) is 0 Å². The number of hydrogen-bond donors (Lipinski definition) is 1. The summed E-state index contributed by atoms with van der Waals surface area (Å²) in [4.78, 5) is 25.4. The van der Waals surface area contributed by atoms with Crippen molar-refractivity contribution < 1.29 is 9.59 Å². The molecule has 2 aromatic rings. The Balaban J connectivity index is 1.94. The van der Waals surface area contributed by atoms with Gasteiger partial charge in [-0.25, -0.2) is 4.79 Å².